The number of ether oxygens (including phenoxy) is 2. The van der Waals surface area contributed by atoms with Gasteiger partial charge in [-0.3, -0.25) is 0 Å². The SMILES string of the molecule is CC1=C(C2CCCCC2)OC(Cc2c[nH]c3ccccc23)OC1c1ccccc1. The average molecular weight is 388 g/mol. The monoisotopic (exact) mass is 387 g/mol. The van der Waals surface area contributed by atoms with Crippen molar-refractivity contribution < 1.29 is 9.47 Å². The number of benzene rings is 2. The van der Waals surface area contributed by atoms with Crippen molar-refractivity contribution in [3.8, 4) is 0 Å². The van der Waals surface area contributed by atoms with Gasteiger partial charge in [-0.05, 0) is 42.5 Å². The van der Waals surface area contributed by atoms with Gasteiger partial charge in [0.05, 0.1) is 0 Å². The second-order valence-electron chi connectivity index (χ2n) is 8.42. The van der Waals surface area contributed by atoms with Crippen LogP contribution in [0.2, 0.25) is 0 Å². The highest BCUT2D eigenvalue weighted by molar-refractivity contribution is 5.83. The Hall–Kier alpha value is -2.52. The van der Waals surface area contributed by atoms with Crippen molar-refractivity contribution in [2.75, 3.05) is 0 Å². The van der Waals surface area contributed by atoms with Crippen molar-refractivity contribution in [1.29, 1.82) is 0 Å². The first-order valence-corrected chi connectivity index (χ1v) is 10.9. The van der Waals surface area contributed by atoms with Crippen molar-refractivity contribution in [1.82, 2.24) is 4.98 Å². The van der Waals surface area contributed by atoms with Gasteiger partial charge in [-0.25, -0.2) is 0 Å². The fraction of sp³-hybridized carbons (Fsp3) is 0.385. The number of fused-ring (bicyclic) bond motifs is 1. The number of aromatic amines is 1. The normalized spacial score (nSPS) is 23.3. The minimum atomic E-state index is -0.264. The standard InChI is InChI=1S/C26H29NO2/c1-18-25(19-10-4-2-5-11-19)28-24(29-26(18)20-12-6-3-7-13-20)16-21-17-27-23-15-9-8-14-22(21)23/h2,4-5,8-11,14-15,17,20,24-25,27H,3,6-7,12-13,16H2,1H3. The van der Waals surface area contributed by atoms with Gasteiger partial charge in [-0.2, -0.15) is 0 Å². The lowest BCUT2D eigenvalue weighted by atomic mass is 9.84. The van der Waals surface area contributed by atoms with E-state index in [0.29, 0.717) is 5.92 Å². The molecule has 0 radical (unpaired) electrons. The van der Waals surface area contributed by atoms with E-state index < -0.39 is 0 Å². The van der Waals surface area contributed by atoms with Crippen LogP contribution < -0.4 is 0 Å². The summed E-state index contributed by atoms with van der Waals surface area (Å²) in [6.07, 6.45) is 8.96. The molecule has 2 unspecified atom stereocenters. The van der Waals surface area contributed by atoms with E-state index in [0.717, 1.165) is 11.9 Å². The Morgan fingerprint density at radius 3 is 2.52 bits per heavy atom. The van der Waals surface area contributed by atoms with Crippen molar-refractivity contribution in [3.63, 3.8) is 0 Å². The largest absolute Gasteiger partial charge is 0.469 e. The van der Waals surface area contributed by atoms with E-state index in [4.69, 9.17) is 9.47 Å². The summed E-state index contributed by atoms with van der Waals surface area (Å²) in [6.45, 7) is 2.20. The molecular formula is C26H29NO2. The maximum Gasteiger partial charge on any atom is 0.204 e. The van der Waals surface area contributed by atoms with Crippen molar-refractivity contribution >= 4 is 10.9 Å². The third-order valence-electron chi connectivity index (χ3n) is 6.47. The molecule has 1 fully saturated rings. The van der Waals surface area contributed by atoms with Crippen LogP contribution >= 0.6 is 0 Å². The molecule has 0 bridgehead atoms. The van der Waals surface area contributed by atoms with Crippen molar-refractivity contribution in [3.05, 3.63) is 83.3 Å². The number of allylic oxidation sites excluding steroid dienone is 1. The molecule has 1 N–H and O–H groups in total. The van der Waals surface area contributed by atoms with E-state index in [1.165, 1.54) is 59.9 Å². The van der Waals surface area contributed by atoms with E-state index in [9.17, 15) is 0 Å². The molecule has 2 atom stereocenters. The second kappa shape index (κ2) is 8.08. The van der Waals surface area contributed by atoms with Crippen LogP contribution in [0, 0.1) is 5.92 Å². The van der Waals surface area contributed by atoms with Gasteiger partial charge in [0, 0.05) is 29.4 Å². The molecule has 3 heteroatoms. The summed E-state index contributed by atoms with van der Waals surface area (Å²) in [4.78, 5) is 3.38. The van der Waals surface area contributed by atoms with E-state index in [1.54, 1.807) is 0 Å². The molecule has 2 aliphatic rings. The topological polar surface area (TPSA) is 34.2 Å². The number of rotatable bonds is 4. The molecular weight excluding hydrogens is 358 g/mol. The van der Waals surface area contributed by atoms with Crippen LogP contribution in [0.15, 0.2) is 72.1 Å². The molecule has 1 aliphatic heterocycles. The smallest absolute Gasteiger partial charge is 0.204 e. The van der Waals surface area contributed by atoms with E-state index in [1.807, 2.05) is 0 Å². The maximum atomic E-state index is 6.56. The number of hydrogen-bond donors (Lipinski definition) is 1. The van der Waals surface area contributed by atoms with Crippen LogP contribution in [0.25, 0.3) is 10.9 Å². The molecule has 2 heterocycles. The first-order chi connectivity index (χ1) is 14.3. The number of hydrogen-bond acceptors (Lipinski definition) is 2. The lowest BCUT2D eigenvalue weighted by molar-refractivity contribution is -0.167. The van der Waals surface area contributed by atoms with E-state index in [-0.39, 0.29) is 12.4 Å². The zero-order valence-electron chi connectivity index (χ0n) is 17.1. The van der Waals surface area contributed by atoms with Crippen LogP contribution in [0.1, 0.15) is 56.3 Å². The third-order valence-corrected chi connectivity index (χ3v) is 6.47. The van der Waals surface area contributed by atoms with Gasteiger partial charge in [0.1, 0.15) is 11.9 Å². The number of aromatic nitrogens is 1. The predicted octanol–water partition coefficient (Wildman–Crippen LogP) is 6.68. The number of para-hydroxylation sites is 1. The Bertz CT molecular complexity index is 998. The molecule has 5 rings (SSSR count). The van der Waals surface area contributed by atoms with E-state index in [2.05, 4.69) is 72.7 Å². The van der Waals surface area contributed by atoms with Gasteiger partial charge in [0.25, 0.3) is 0 Å². The first-order valence-electron chi connectivity index (χ1n) is 10.9. The lowest BCUT2D eigenvalue weighted by Gasteiger charge is -2.37. The minimum absolute atomic E-state index is 0.0305. The molecule has 0 spiro atoms. The zero-order chi connectivity index (χ0) is 19.6. The zero-order valence-corrected chi connectivity index (χ0v) is 17.1. The second-order valence-corrected chi connectivity index (χ2v) is 8.42. The molecule has 1 aromatic heterocycles. The third kappa shape index (κ3) is 3.72. The predicted molar refractivity (Wildman–Crippen MR) is 116 cm³/mol. The molecule has 2 aromatic carbocycles. The summed E-state index contributed by atoms with van der Waals surface area (Å²) in [5.74, 6) is 1.72. The highest BCUT2D eigenvalue weighted by Crippen LogP contribution is 2.42. The Kier molecular flexibility index (Phi) is 5.15. The van der Waals surface area contributed by atoms with E-state index >= 15 is 0 Å². The molecule has 0 amide bonds. The van der Waals surface area contributed by atoms with Crippen molar-refractivity contribution in [2.45, 2.75) is 57.8 Å². The molecule has 3 nitrogen and oxygen atoms in total. The average Bonchev–Trinajstić information content (AvgIpc) is 3.19. The van der Waals surface area contributed by atoms with Crippen LogP contribution in [0.3, 0.4) is 0 Å². The van der Waals surface area contributed by atoms with Gasteiger partial charge in [0.15, 0.2) is 0 Å². The number of nitrogens with one attached hydrogen (secondary N) is 1. The van der Waals surface area contributed by atoms with Crippen LogP contribution in [0.4, 0.5) is 0 Å². The molecule has 1 saturated carbocycles. The Morgan fingerprint density at radius 2 is 1.69 bits per heavy atom. The summed E-state index contributed by atoms with van der Waals surface area (Å²) in [5.41, 5.74) is 4.88. The van der Waals surface area contributed by atoms with Gasteiger partial charge in [0.2, 0.25) is 6.29 Å². The fourth-order valence-electron chi connectivity index (χ4n) is 4.95. The summed E-state index contributed by atoms with van der Waals surface area (Å²) < 4.78 is 13.1. The molecule has 0 saturated heterocycles. The summed E-state index contributed by atoms with van der Waals surface area (Å²) in [5, 5.41) is 1.25. The summed E-state index contributed by atoms with van der Waals surface area (Å²) in [7, 11) is 0. The summed E-state index contributed by atoms with van der Waals surface area (Å²) in [6, 6.07) is 19.0. The van der Waals surface area contributed by atoms with Gasteiger partial charge < -0.3 is 14.5 Å². The van der Waals surface area contributed by atoms with Crippen LogP contribution in [0.5, 0.6) is 0 Å². The summed E-state index contributed by atoms with van der Waals surface area (Å²) >= 11 is 0. The highest BCUT2D eigenvalue weighted by Gasteiger charge is 2.34. The fourth-order valence-corrected chi connectivity index (χ4v) is 4.95. The first kappa shape index (κ1) is 18.5. The van der Waals surface area contributed by atoms with Crippen molar-refractivity contribution in [2.24, 2.45) is 5.92 Å². The van der Waals surface area contributed by atoms with Crippen LogP contribution in [-0.2, 0) is 15.9 Å². The molecule has 150 valence electrons. The quantitative estimate of drug-likeness (QED) is 0.542. The van der Waals surface area contributed by atoms with Crippen LogP contribution in [-0.4, -0.2) is 11.3 Å². The van der Waals surface area contributed by atoms with Gasteiger partial charge >= 0.3 is 0 Å². The Balaban J connectivity index is 1.47. The molecule has 1 aliphatic carbocycles. The Morgan fingerprint density at radius 1 is 0.931 bits per heavy atom. The minimum Gasteiger partial charge on any atom is -0.469 e. The highest BCUT2D eigenvalue weighted by atomic mass is 16.7. The maximum absolute atomic E-state index is 6.56. The van der Waals surface area contributed by atoms with Gasteiger partial charge in [-0.1, -0.05) is 67.8 Å². The lowest BCUT2D eigenvalue weighted by Crippen LogP contribution is -2.31. The number of H-pyrrole nitrogens is 1. The molecule has 29 heavy (non-hydrogen) atoms. The molecule has 3 aromatic rings. The Labute approximate surface area is 172 Å². The van der Waals surface area contributed by atoms with Gasteiger partial charge in [-0.15, -0.1) is 0 Å².